The molecule has 113 heavy (non-hydrogen) atoms. The zero-order valence-electron chi connectivity index (χ0n) is 60.9. The number of hydrogen-bond acceptors (Lipinski definition) is 28. The third-order valence-electron chi connectivity index (χ3n) is 16.8. The molecule has 600 valence electrons. The summed E-state index contributed by atoms with van der Waals surface area (Å²) in [6.45, 7) is 1.62. The van der Waals surface area contributed by atoms with E-state index in [1.165, 1.54) is 56.0 Å². The van der Waals surface area contributed by atoms with Crippen molar-refractivity contribution < 1.29 is 116 Å². The van der Waals surface area contributed by atoms with Crippen molar-refractivity contribution in [2.45, 2.75) is 109 Å². The van der Waals surface area contributed by atoms with Crippen molar-refractivity contribution in [2.75, 3.05) is 88.5 Å². The standard InChI is InChI=1S/C24H27N5O7S.C23H26N6O9.C23H25N5O9S/c1-13(32)8-16(11-30)26-20(33)10-29-19-7-5-4-6-18(19)28(21(34)12-31)9-17(24(29)36)27-23(35)22-14(2)25-15(3)37-22;1-12(32)6-13(10-30)24-19(34)9-29-17-5-3-2-4-16(17)28(20(35)11-31)8-15(22(29)37)25-18(33)7-14-21(36)27-23(38)26-14;1-12(31)6-13(10-29)24-19(33)9-28-16-5-3-2-4-15(16)27(20(34)11-30)8-14(22(28)36)25-18(32)7-17-21(35)26-23(37)38-17/h4-7,11,16-17,31H,8-10,12H2,1-3H3,(H,26,33)(H,27,35);2-5,10,13-15,31H,6-9,11H2,1H3,(H,24,34)(H,25,33)(H2,26,27,36,38);2-5,10,13-14,30,35H,6-9,11H2,1H3,(H,24,33)(H,25,32)(H,26,37)/t16-,17-;13-,14?,15-;13-,14-/m000/s1. The van der Waals surface area contributed by atoms with E-state index < -0.39 is 201 Å². The van der Waals surface area contributed by atoms with E-state index in [0.29, 0.717) is 45.8 Å². The molecule has 3 aromatic carbocycles. The maximum Gasteiger partial charge on any atom is 0.322 e. The molecule has 41 nitrogen and oxygen atoms in total. The molecule has 0 spiro atoms. The van der Waals surface area contributed by atoms with Gasteiger partial charge in [0.05, 0.1) is 100 Å². The van der Waals surface area contributed by atoms with Crippen LogP contribution in [-0.2, 0) is 92.7 Å². The number of aromatic hydroxyl groups is 1. The highest BCUT2D eigenvalue weighted by Gasteiger charge is 2.43. The summed E-state index contributed by atoms with van der Waals surface area (Å²) in [6.07, 6.45) is -0.432. The number of aromatic nitrogens is 2. The van der Waals surface area contributed by atoms with Gasteiger partial charge >= 0.3 is 10.9 Å². The van der Waals surface area contributed by atoms with E-state index in [1.54, 1.807) is 56.3 Å². The van der Waals surface area contributed by atoms with E-state index in [2.05, 4.69) is 47.2 Å². The van der Waals surface area contributed by atoms with Crippen LogP contribution in [0.2, 0.25) is 0 Å². The predicted molar refractivity (Wildman–Crippen MR) is 397 cm³/mol. The first-order chi connectivity index (χ1) is 53.6. The number of rotatable bonds is 29. The summed E-state index contributed by atoms with van der Waals surface area (Å²) in [5, 5.41) is 57.9. The van der Waals surface area contributed by atoms with E-state index in [9.17, 15) is 121 Å². The van der Waals surface area contributed by atoms with Gasteiger partial charge in [0, 0.05) is 19.3 Å². The minimum atomic E-state index is -1.42. The van der Waals surface area contributed by atoms with Crippen LogP contribution < -0.4 is 76.8 Å². The topological polar surface area (TPSA) is 584 Å². The lowest BCUT2D eigenvalue weighted by molar-refractivity contribution is -0.130. The fraction of sp³-hybridized carbons (Fsp3) is 0.371. The summed E-state index contributed by atoms with van der Waals surface area (Å²) in [5.74, 6) is -11.2. The van der Waals surface area contributed by atoms with Crippen LogP contribution in [0.25, 0.3) is 0 Å². The van der Waals surface area contributed by atoms with Crippen LogP contribution in [0.3, 0.4) is 0 Å². The monoisotopic (exact) mass is 1610 g/mol. The van der Waals surface area contributed by atoms with Gasteiger partial charge in [-0.05, 0) is 71.0 Å². The molecule has 2 aromatic heterocycles. The van der Waals surface area contributed by atoms with Gasteiger partial charge in [0.15, 0.2) is 0 Å². The molecule has 6 heterocycles. The van der Waals surface area contributed by atoms with Gasteiger partial charge < -0.3 is 86.7 Å². The molecule has 0 saturated carbocycles. The Morgan fingerprint density at radius 2 is 0.867 bits per heavy atom. The second-order valence-corrected chi connectivity index (χ2v) is 27.7. The molecule has 1 fully saturated rings. The number of amides is 15. The lowest BCUT2D eigenvalue weighted by Crippen LogP contribution is -2.55. The third-order valence-corrected chi connectivity index (χ3v) is 18.7. The van der Waals surface area contributed by atoms with Crippen molar-refractivity contribution in [1.82, 2.24) is 52.5 Å². The molecule has 5 aromatic rings. The molecule has 13 N–H and O–H groups in total. The molecule has 4 aliphatic heterocycles. The van der Waals surface area contributed by atoms with Gasteiger partial charge in [-0.1, -0.05) is 47.7 Å². The highest BCUT2D eigenvalue weighted by atomic mass is 32.1. The van der Waals surface area contributed by atoms with E-state index >= 15 is 0 Å². The maximum absolute atomic E-state index is 13.7. The number of aryl methyl sites for hydroxylation is 2. The van der Waals surface area contributed by atoms with Gasteiger partial charge in [0.1, 0.15) is 105 Å². The van der Waals surface area contributed by atoms with Gasteiger partial charge in [0.2, 0.25) is 35.4 Å². The van der Waals surface area contributed by atoms with Crippen LogP contribution in [0.4, 0.5) is 38.9 Å². The Morgan fingerprint density at radius 3 is 1.17 bits per heavy atom. The minimum absolute atomic E-state index is 0.0294. The molecule has 7 atom stereocenters. The molecular formula is C70H78N16O25S2. The molecule has 0 radical (unpaired) electrons. The first-order valence-electron chi connectivity index (χ1n) is 34.2. The normalized spacial score (nSPS) is 17.0. The number of thiazole rings is 2. The summed E-state index contributed by atoms with van der Waals surface area (Å²) in [4.78, 5) is 271. The summed E-state index contributed by atoms with van der Waals surface area (Å²) in [5.41, 5.74) is 1.52. The number of anilines is 6. The number of urea groups is 1. The zero-order chi connectivity index (χ0) is 83.2. The van der Waals surface area contributed by atoms with Crippen molar-refractivity contribution in [2.24, 2.45) is 0 Å². The number of nitrogens with one attached hydrogen (secondary N) is 9. The van der Waals surface area contributed by atoms with Crippen molar-refractivity contribution in [3.05, 3.63) is 103 Å². The highest BCUT2D eigenvalue weighted by molar-refractivity contribution is 7.13. The smallest absolute Gasteiger partial charge is 0.322 e. The van der Waals surface area contributed by atoms with Crippen LogP contribution in [0.15, 0.2) is 77.6 Å². The second kappa shape index (κ2) is 40.1. The molecule has 9 rings (SSSR count). The van der Waals surface area contributed by atoms with Crippen LogP contribution in [0.1, 0.15) is 71.7 Å². The number of nitrogens with zero attached hydrogens (tertiary/aromatic N) is 7. The molecule has 1 saturated heterocycles. The number of carbonyl (C=O) groups is 20. The number of aldehydes is 3. The molecule has 15 amide bonds. The fourth-order valence-corrected chi connectivity index (χ4v) is 13.5. The number of ketones is 3. The number of aromatic amines is 1. The Labute approximate surface area is 648 Å². The Bertz CT molecular complexity index is 4660. The van der Waals surface area contributed by atoms with Crippen LogP contribution >= 0.6 is 22.7 Å². The quantitative estimate of drug-likeness (QED) is 0.0158. The summed E-state index contributed by atoms with van der Waals surface area (Å²) >= 11 is 1.76. The van der Waals surface area contributed by atoms with Crippen LogP contribution in [0.5, 0.6) is 5.88 Å². The van der Waals surface area contributed by atoms with E-state index in [-0.39, 0.29) is 82.2 Å². The first kappa shape index (κ1) is 87.2. The highest BCUT2D eigenvalue weighted by Crippen LogP contribution is 2.36. The number of imide groups is 1. The molecular weight excluding hydrogens is 1530 g/mol. The van der Waals surface area contributed by atoms with Crippen molar-refractivity contribution in [3.8, 4) is 5.88 Å². The molecule has 0 aliphatic carbocycles. The van der Waals surface area contributed by atoms with Gasteiger partial charge in [-0.2, -0.15) is 0 Å². The van der Waals surface area contributed by atoms with Crippen molar-refractivity contribution in [1.29, 1.82) is 0 Å². The molecule has 43 heteroatoms. The number of benzene rings is 3. The first-order valence-corrected chi connectivity index (χ1v) is 35.8. The van der Waals surface area contributed by atoms with Gasteiger partial charge in [-0.3, -0.25) is 107 Å². The summed E-state index contributed by atoms with van der Waals surface area (Å²) in [6, 6.07) is 9.09. The number of H-pyrrole nitrogens is 1. The molecule has 1 unspecified atom stereocenters. The Balaban J connectivity index is 0.000000235. The second-order valence-electron chi connectivity index (χ2n) is 25.5. The van der Waals surface area contributed by atoms with Gasteiger partial charge in [-0.25, -0.2) is 9.78 Å². The fourth-order valence-electron chi connectivity index (χ4n) is 11.9. The summed E-state index contributed by atoms with van der Waals surface area (Å²) in [7, 11) is 0. The lowest BCUT2D eigenvalue weighted by atomic mass is 10.1. The average molecular weight is 1610 g/mol. The average Bonchev–Trinajstić information content (AvgIpc) is 1.65. The van der Waals surface area contributed by atoms with Gasteiger partial charge in [-0.15, -0.1) is 11.3 Å². The van der Waals surface area contributed by atoms with Crippen molar-refractivity contribution in [3.63, 3.8) is 0 Å². The van der Waals surface area contributed by atoms with Crippen LogP contribution in [0, 0.1) is 13.8 Å². The van der Waals surface area contributed by atoms with Crippen LogP contribution in [-0.4, -0.2) is 251 Å². The number of fused-ring (bicyclic) bond motifs is 3. The number of aliphatic hydroxyl groups is 3. The maximum atomic E-state index is 13.7. The Hall–Kier alpha value is -13.0. The zero-order valence-corrected chi connectivity index (χ0v) is 62.5. The van der Waals surface area contributed by atoms with E-state index in [4.69, 9.17) is 0 Å². The number of aliphatic hydroxyl groups excluding tert-OH is 3. The summed E-state index contributed by atoms with van der Waals surface area (Å²) < 4.78 is 0. The number of Topliss-reactive ketones (excluding diaryl/α,β-unsaturated/α-hetero) is 3. The Morgan fingerprint density at radius 1 is 0.513 bits per heavy atom. The number of carbonyl (C=O) groups excluding carboxylic acids is 20. The minimum Gasteiger partial charge on any atom is -0.494 e. The molecule has 0 bridgehead atoms. The number of para-hydroxylation sites is 6. The van der Waals surface area contributed by atoms with Gasteiger partial charge in [0.25, 0.3) is 47.3 Å². The number of hydrogen-bond donors (Lipinski definition) is 13. The lowest BCUT2D eigenvalue weighted by Gasteiger charge is -2.25. The third kappa shape index (κ3) is 23.3. The van der Waals surface area contributed by atoms with E-state index in [0.717, 1.165) is 35.8 Å². The Kier molecular flexibility index (Phi) is 30.9. The SMILES string of the molecule is CC(=O)C[C@@H](C=O)NC(=O)CN1C(=O)[C@@H](NC(=O)CC2NC(=O)NC2=O)CN(C(=O)CO)c2ccccc21.CC(=O)C[C@@H](C=O)NC(=O)CN1C(=O)[C@@H](NC(=O)Cc2sc(=O)[nH]c2O)CN(C(=O)CO)c2ccccc21.CC(=O)C[C@@H](C=O)NC(=O)CN1C(=O)[C@@H](NC(=O)c2sc(C)nc2C)CN(C(=O)CO)c2ccccc21. The predicted octanol–water partition coefficient (Wildman–Crippen LogP) is -4.80. The molecule has 4 aliphatic rings. The largest absolute Gasteiger partial charge is 0.494 e. The van der Waals surface area contributed by atoms with E-state index in [1.807, 2.05) is 5.32 Å². The van der Waals surface area contributed by atoms with Crippen molar-refractivity contribution >= 4 is 176 Å².